The van der Waals surface area contributed by atoms with Crippen LogP contribution < -0.4 is 0 Å². The third kappa shape index (κ3) is 4.89. The Labute approximate surface area is 94.6 Å². The maximum absolute atomic E-state index is 11.3. The molecule has 0 aromatic heterocycles. The van der Waals surface area contributed by atoms with Gasteiger partial charge in [0.05, 0.1) is 0 Å². The number of aliphatic hydroxyl groups excluding tert-OH is 1. The molecule has 4 nitrogen and oxygen atoms in total. The number of carbonyl (C=O) groups is 2. The quantitative estimate of drug-likeness (QED) is 0.498. The molecule has 1 aliphatic heterocycles. The van der Waals surface area contributed by atoms with Gasteiger partial charge in [0.1, 0.15) is 0 Å². The number of allylic oxidation sites excluding steroid dienone is 3. The van der Waals surface area contributed by atoms with Crippen LogP contribution in [-0.2, 0) is 14.3 Å². The summed E-state index contributed by atoms with van der Waals surface area (Å²) in [5.74, 6) is -0.348. The summed E-state index contributed by atoms with van der Waals surface area (Å²) in [6.07, 6.45) is 5.93. The summed E-state index contributed by atoms with van der Waals surface area (Å²) in [5, 5.41) is 9.28. The van der Waals surface area contributed by atoms with E-state index in [1.54, 1.807) is 6.08 Å². The summed E-state index contributed by atoms with van der Waals surface area (Å²) in [6, 6.07) is 0. The highest BCUT2D eigenvalue weighted by Gasteiger charge is 2.12. The second kappa shape index (κ2) is 6.23. The Hall–Kier alpha value is -1.42. The Kier molecular flexibility index (Phi) is 4.92. The van der Waals surface area contributed by atoms with Crippen LogP contribution >= 0.6 is 0 Å². The molecule has 0 aliphatic carbocycles. The smallest absolute Gasteiger partial charge is 0.308 e. The number of ketones is 1. The number of aliphatic hydroxyl groups is 1. The summed E-state index contributed by atoms with van der Waals surface area (Å²) >= 11 is 0. The van der Waals surface area contributed by atoms with Crippen molar-refractivity contribution in [2.75, 3.05) is 0 Å². The van der Waals surface area contributed by atoms with Crippen molar-refractivity contribution in [1.82, 2.24) is 0 Å². The number of esters is 1. The molecule has 0 fully saturated rings. The summed E-state index contributed by atoms with van der Waals surface area (Å²) in [7, 11) is 0. The molecule has 0 aromatic carbocycles. The van der Waals surface area contributed by atoms with Crippen molar-refractivity contribution in [1.29, 1.82) is 0 Å². The zero-order chi connectivity index (χ0) is 12.0. The Balaban J connectivity index is 2.67. The molecule has 0 saturated heterocycles. The molecule has 1 N–H and O–H groups in total. The molecule has 2 atom stereocenters. The summed E-state index contributed by atoms with van der Waals surface area (Å²) in [5.41, 5.74) is 0. The van der Waals surface area contributed by atoms with Crippen LogP contribution in [-0.4, -0.2) is 23.1 Å². The SMILES string of the molecule is CC1C/C=C\C(=O)C/C=C\C(O)OC(=O)C1. The third-order valence-electron chi connectivity index (χ3n) is 2.23. The van der Waals surface area contributed by atoms with Crippen LogP contribution in [0.1, 0.15) is 26.2 Å². The van der Waals surface area contributed by atoms with Crippen molar-refractivity contribution in [3.05, 3.63) is 24.3 Å². The Bertz CT molecular complexity index is 317. The molecule has 1 rings (SSSR count). The van der Waals surface area contributed by atoms with Crippen molar-refractivity contribution in [2.24, 2.45) is 5.92 Å². The highest BCUT2D eigenvalue weighted by Crippen LogP contribution is 2.11. The summed E-state index contributed by atoms with van der Waals surface area (Å²) in [6.45, 7) is 1.89. The van der Waals surface area contributed by atoms with Crippen LogP contribution in [0.2, 0.25) is 0 Å². The fourth-order valence-corrected chi connectivity index (χ4v) is 1.39. The molecule has 0 bridgehead atoms. The zero-order valence-corrected chi connectivity index (χ0v) is 9.26. The van der Waals surface area contributed by atoms with Crippen LogP contribution in [0, 0.1) is 5.92 Å². The van der Waals surface area contributed by atoms with Gasteiger partial charge >= 0.3 is 5.97 Å². The van der Waals surface area contributed by atoms with Crippen molar-refractivity contribution >= 4 is 11.8 Å². The Morgan fingerprint density at radius 1 is 1.38 bits per heavy atom. The topological polar surface area (TPSA) is 63.6 Å². The van der Waals surface area contributed by atoms with E-state index in [1.165, 1.54) is 18.2 Å². The third-order valence-corrected chi connectivity index (χ3v) is 2.23. The molecule has 2 unspecified atom stereocenters. The number of cyclic esters (lactones) is 1. The van der Waals surface area contributed by atoms with Crippen LogP contribution in [0.3, 0.4) is 0 Å². The van der Waals surface area contributed by atoms with Crippen molar-refractivity contribution in [3.63, 3.8) is 0 Å². The lowest BCUT2D eigenvalue weighted by Gasteiger charge is -2.11. The van der Waals surface area contributed by atoms with Gasteiger partial charge < -0.3 is 9.84 Å². The highest BCUT2D eigenvalue weighted by molar-refractivity contribution is 5.90. The van der Waals surface area contributed by atoms with Gasteiger partial charge in [-0.25, -0.2) is 0 Å². The highest BCUT2D eigenvalue weighted by atomic mass is 16.6. The van der Waals surface area contributed by atoms with Crippen molar-refractivity contribution < 1.29 is 19.4 Å². The van der Waals surface area contributed by atoms with E-state index in [2.05, 4.69) is 0 Å². The molecule has 0 aromatic rings. The first-order chi connectivity index (χ1) is 7.58. The van der Waals surface area contributed by atoms with Gasteiger partial charge in [-0.05, 0) is 24.5 Å². The second-order valence-electron chi connectivity index (χ2n) is 3.93. The normalized spacial score (nSPS) is 32.1. The lowest BCUT2D eigenvalue weighted by molar-refractivity contribution is -0.161. The predicted molar refractivity (Wildman–Crippen MR) is 58.4 cm³/mol. The first-order valence-electron chi connectivity index (χ1n) is 5.31. The molecule has 4 heteroatoms. The van der Waals surface area contributed by atoms with E-state index in [1.807, 2.05) is 6.92 Å². The standard InChI is InChI=1S/C12H16O4/c1-9-4-2-5-10(13)6-3-7-11(14)16-12(15)8-9/h2-3,5,7,9,11,14H,4,6,8H2,1H3/b5-2-,7-3-. The number of hydrogen-bond acceptors (Lipinski definition) is 4. The number of rotatable bonds is 0. The zero-order valence-electron chi connectivity index (χ0n) is 9.26. The maximum Gasteiger partial charge on any atom is 0.308 e. The van der Waals surface area contributed by atoms with E-state index in [4.69, 9.17) is 4.74 Å². The minimum absolute atomic E-state index is 0.0254. The van der Waals surface area contributed by atoms with Crippen LogP contribution in [0.25, 0.3) is 0 Å². The number of hydrogen-bond donors (Lipinski definition) is 1. The molecule has 16 heavy (non-hydrogen) atoms. The van der Waals surface area contributed by atoms with Crippen LogP contribution in [0.15, 0.2) is 24.3 Å². The van der Waals surface area contributed by atoms with Gasteiger partial charge in [-0.1, -0.05) is 19.1 Å². The van der Waals surface area contributed by atoms with E-state index in [0.717, 1.165) is 0 Å². The van der Waals surface area contributed by atoms with Gasteiger partial charge in [0.15, 0.2) is 5.78 Å². The van der Waals surface area contributed by atoms with E-state index in [-0.39, 0.29) is 24.5 Å². The fraction of sp³-hybridized carbons (Fsp3) is 0.500. The van der Waals surface area contributed by atoms with Gasteiger partial charge in [-0.15, -0.1) is 0 Å². The van der Waals surface area contributed by atoms with Gasteiger partial charge in [-0.2, -0.15) is 0 Å². The van der Waals surface area contributed by atoms with Gasteiger partial charge in [0.2, 0.25) is 6.29 Å². The molecular formula is C12H16O4. The molecule has 0 saturated carbocycles. The number of ether oxygens (including phenoxy) is 1. The minimum Gasteiger partial charge on any atom is -0.432 e. The van der Waals surface area contributed by atoms with E-state index < -0.39 is 12.3 Å². The summed E-state index contributed by atoms with van der Waals surface area (Å²) < 4.78 is 4.72. The second-order valence-corrected chi connectivity index (χ2v) is 3.93. The molecular weight excluding hydrogens is 208 g/mol. The van der Waals surface area contributed by atoms with Crippen LogP contribution in [0.5, 0.6) is 0 Å². The molecule has 1 aliphatic rings. The molecule has 88 valence electrons. The summed E-state index contributed by atoms with van der Waals surface area (Å²) in [4.78, 5) is 22.5. The monoisotopic (exact) mass is 224 g/mol. The van der Waals surface area contributed by atoms with E-state index >= 15 is 0 Å². The van der Waals surface area contributed by atoms with E-state index in [9.17, 15) is 14.7 Å². The van der Waals surface area contributed by atoms with Crippen molar-refractivity contribution in [3.8, 4) is 0 Å². The number of carbonyl (C=O) groups excluding carboxylic acids is 2. The molecule has 1 heterocycles. The Morgan fingerprint density at radius 2 is 2.12 bits per heavy atom. The Morgan fingerprint density at radius 3 is 2.88 bits per heavy atom. The predicted octanol–water partition coefficient (Wildman–Crippen LogP) is 1.35. The fourth-order valence-electron chi connectivity index (χ4n) is 1.39. The van der Waals surface area contributed by atoms with Crippen molar-refractivity contribution in [2.45, 2.75) is 32.5 Å². The lowest BCUT2D eigenvalue weighted by Crippen LogP contribution is -2.17. The minimum atomic E-state index is -1.25. The van der Waals surface area contributed by atoms with Gasteiger partial charge in [-0.3, -0.25) is 9.59 Å². The largest absolute Gasteiger partial charge is 0.432 e. The molecule has 0 radical (unpaired) electrons. The average Bonchev–Trinajstić information content (AvgIpc) is 2.15. The first-order valence-corrected chi connectivity index (χ1v) is 5.31. The maximum atomic E-state index is 11.3. The lowest BCUT2D eigenvalue weighted by atomic mass is 10.0. The van der Waals surface area contributed by atoms with Gasteiger partial charge in [0.25, 0.3) is 0 Å². The van der Waals surface area contributed by atoms with Gasteiger partial charge in [0, 0.05) is 12.8 Å². The molecule has 0 spiro atoms. The van der Waals surface area contributed by atoms with Crippen LogP contribution in [0.4, 0.5) is 0 Å². The van der Waals surface area contributed by atoms with E-state index in [0.29, 0.717) is 6.42 Å². The average molecular weight is 224 g/mol. The molecule has 0 amide bonds. The first kappa shape index (κ1) is 12.6.